The summed E-state index contributed by atoms with van der Waals surface area (Å²) < 4.78 is 39.9. The first-order valence-electron chi connectivity index (χ1n) is 8.48. The predicted molar refractivity (Wildman–Crippen MR) is 101 cm³/mol. The molecular formula is C19H15ClF3N3O3. The first-order valence-corrected chi connectivity index (χ1v) is 9.01. The van der Waals surface area contributed by atoms with Crippen molar-refractivity contribution in [1.29, 1.82) is 0 Å². The first kappa shape index (κ1) is 20.7. The van der Waals surface area contributed by atoms with Gasteiger partial charge in [-0.1, -0.05) is 12.1 Å². The summed E-state index contributed by atoms with van der Waals surface area (Å²) in [5.41, 5.74) is -1.05. The molecule has 0 aromatic heterocycles. The summed E-state index contributed by atoms with van der Waals surface area (Å²) in [6.07, 6.45) is -4.73. The van der Waals surface area contributed by atoms with Gasteiger partial charge in [-0.15, -0.1) is 11.6 Å². The number of halogens is 4. The molecule has 1 aliphatic heterocycles. The molecule has 0 aliphatic carbocycles. The van der Waals surface area contributed by atoms with Gasteiger partial charge < -0.3 is 15.5 Å². The highest BCUT2D eigenvalue weighted by Gasteiger charge is 2.33. The maximum atomic E-state index is 13.3. The number of rotatable bonds is 3. The van der Waals surface area contributed by atoms with E-state index in [1.54, 1.807) is 18.2 Å². The standard InChI is InChI=1S/C19H15ClF3N3O3/c20-10-16(27)25-13-8-11(7-12(9-13)19(21,22)23)18(29)26-6-5-24-17(28)14-3-1-2-4-15(14)26/h1-4,7-9H,5-6,10H2,(H,24,28)(H,25,27). The molecule has 3 rings (SSSR count). The lowest BCUT2D eigenvalue weighted by Crippen LogP contribution is -2.35. The average Bonchev–Trinajstić information content (AvgIpc) is 2.85. The normalized spacial score (nSPS) is 13.9. The molecule has 0 bridgehead atoms. The number of alkyl halides is 4. The summed E-state index contributed by atoms with van der Waals surface area (Å²) in [4.78, 5) is 38.0. The third kappa shape index (κ3) is 4.51. The number of nitrogens with one attached hydrogen (secondary N) is 2. The van der Waals surface area contributed by atoms with Crippen LogP contribution in [0.5, 0.6) is 0 Å². The lowest BCUT2D eigenvalue weighted by Gasteiger charge is -2.23. The van der Waals surface area contributed by atoms with Crippen molar-refractivity contribution < 1.29 is 27.6 Å². The Hall–Kier alpha value is -3.07. The Balaban J connectivity index is 2.06. The molecule has 2 aromatic rings. The van der Waals surface area contributed by atoms with E-state index in [2.05, 4.69) is 10.6 Å². The number of hydrogen-bond donors (Lipinski definition) is 2. The second kappa shape index (κ2) is 8.12. The third-order valence-corrected chi connectivity index (χ3v) is 4.46. The van der Waals surface area contributed by atoms with E-state index in [1.165, 1.54) is 11.0 Å². The topological polar surface area (TPSA) is 78.5 Å². The number of benzene rings is 2. The van der Waals surface area contributed by atoms with E-state index in [1.807, 2.05) is 0 Å². The zero-order valence-corrected chi connectivity index (χ0v) is 15.6. The van der Waals surface area contributed by atoms with Crippen LogP contribution in [0.4, 0.5) is 24.5 Å². The number of fused-ring (bicyclic) bond motifs is 1. The molecule has 0 saturated carbocycles. The molecule has 3 amide bonds. The molecule has 152 valence electrons. The second-order valence-corrected chi connectivity index (χ2v) is 6.48. The van der Waals surface area contributed by atoms with Crippen LogP contribution in [0.25, 0.3) is 0 Å². The number of para-hydroxylation sites is 1. The highest BCUT2D eigenvalue weighted by atomic mass is 35.5. The van der Waals surface area contributed by atoms with Crippen LogP contribution in [-0.2, 0) is 11.0 Å². The number of carbonyl (C=O) groups excluding carboxylic acids is 3. The van der Waals surface area contributed by atoms with Crippen molar-refractivity contribution in [2.24, 2.45) is 0 Å². The van der Waals surface area contributed by atoms with Crippen molar-refractivity contribution in [3.05, 3.63) is 59.2 Å². The van der Waals surface area contributed by atoms with Gasteiger partial charge in [-0.25, -0.2) is 0 Å². The van der Waals surface area contributed by atoms with Gasteiger partial charge in [0, 0.05) is 24.3 Å². The monoisotopic (exact) mass is 425 g/mol. The fourth-order valence-corrected chi connectivity index (χ4v) is 3.01. The maximum absolute atomic E-state index is 13.3. The minimum atomic E-state index is -4.73. The highest BCUT2D eigenvalue weighted by Crippen LogP contribution is 2.33. The molecule has 29 heavy (non-hydrogen) atoms. The molecule has 0 unspecified atom stereocenters. The van der Waals surface area contributed by atoms with Crippen LogP contribution in [0, 0.1) is 0 Å². The van der Waals surface area contributed by atoms with E-state index in [9.17, 15) is 27.6 Å². The van der Waals surface area contributed by atoms with Gasteiger partial charge in [-0.05, 0) is 30.3 Å². The number of amides is 3. The fourth-order valence-electron chi connectivity index (χ4n) is 2.95. The van der Waals surface area contributed by atoms with Gasteiger partial charge in [0.1, 0.15) is 5.88 Å². The van der Waals surface area contributed by atoms with Gasteiger partial charge in [0.25, 0.3) is 11.8 Å². The van der Waals surface area contributed by atoms with E-state index < -0.39 is 29.4 Å². The fraction of sp³-hybridized carbons (Fsp3) is 0.211. The molecule has 0 spiro atoms. The minimum absolute atomic E-state index is 0.0706. The van der Waals surface area contributed by atoms with Crippen molar-refractivity contribution in [3.8, 4) is 0 Å². The molecule has 10 heteroatoms. The minimum Gasteiger partial charge on any atom is -0.350 e. The zero-order valence-electron chi connectivity index (χ0n) is 14.8. The van der Waals surface area contributed by atoms with Crippen molar-refractivity contribution in [2.45, 2.75) is 6.18 Å². The first-order chi connectivity index (χ1) is 13.7. The summed E-state index contributed by atoms with van der Waals surface area (Å²) in [7, 11) is 0. The molecule has 6 nitrogen and oxygen atoms in total. The van der Waals surface area contributed by atoms with E-state index in [0.29, 0.717) is 6.07 Å². The SMILES string of the molecule is O=C(CCl)Nc1cc(C(=O)N2CCNC(=O)c3ccccc32)cc(C(F)(F)F)c1. The van der Waals surface area contributed by atoms with Crippen LogP contribution < -0.4 is 15.5 Å². The van der Waals surface area contributed by atoms with Crippen molar-refractivity contribution in [2.75, 3.05) is 29.2 Å². The average molecular weight is 426 g/mol. The van der Waals surface area contributed by atoms with Gasteiger partial charge in [0.05, 0.1) is 16.8 Å². The zero-order chi connectivity index (χ0) is 21.2. The molecule has 0 radical (unpaired) electrons. The summed E-state index contributed by atoms with van der Waals surface area (Å²) in [6.45, 7) is 0.204. The van der Waals surface area contributed by atoms with E-state index in [4.69, 9.17) is 11.6 Å². The molecule has 1 heterocycles. The summed E-state index contributed by atoms with van der Waals surface area (Å²) in [5.74, 6) is -2.27. The number of hydrogen-bond acceptors (Lipinski definition) is 3. The molecular weight excluding hydrogens is 411 g/mol. The lowest BCUT2D eigenvalue weighted by atomic mass is 10.1. The summed E-state index contributed by atoms with van der Waals surface area (Å²) >= 11 is 5.40. The summed E-state index contributed by atoms with van der Waals surface area (Å²) in [5, 5.41) is 4.87. The van der Waals surface area contributed by atoms with Gasteiger partial charge in [0.15, 0.2) is 0 Å². The van der Waals surface area contributed by atoms with Gasteiger partial charge in [-0.2, -0.15) is 13.2 Å². The number of nitrogens with zero attached hydrogens (tertiary/aromatic N) is 1. The predicted octanol–water partition coefficient (Wildman–Crippen LogP) is 3.27. The van der Waals surface area contributed by atoms with Crippen LogP contribution in [-0.4, -0.2) is 36.7 Å². The Morgan fingerprint density at radius 3 is 2.59 bits per heavy atom. The van der Waals surface area contributed by atoms with E-state index >= 15 is 0 Å². The smallest absolute Gasteiger partial charge is 0.350 e. The van der Waals surface area contributed by atoms with Crippen LogP contribution in [0.3, 0.4) is 0 Å². The van der Waals surface area contributed by atoms with Crippen LogP contribution in [0.15, 0.2) is 42.5 Å². The van der Waals surface area contributed by atoms with Gasteiger partial charge in [-0.3, -0.25) is 14.4 Å². The number of carbonyl (C=O) groups is 3. The Labute approximate surface area is 168 Å². The lowest BCUT2D eigenvalue weighted by molar-refractivity contribution is -0.137. The summed E-state index contributed by atoms with van der Waals surface area (Å²) in [6, 6.07) is 8.89. The molecule has 0 atom stereocenters. The van der Waals surface area contributed by atoms with Crippen LogP contribution in [0.1, 0.15) is 26.3 Å². The maximum Gasteiger partial charge on any atom is 0.416 e. The van der Waals surface area contributed by atoms with Crippen LogP contribution in [0.2, 0.25) is 0 Å². The quantitative estimate of drug-likeness (QED) is 0.741. The molecule has 2 N–H and O–H groups in total. The van der Waals surface area contributed by atoms with Crippen molar-refractivity contribution in [3.63, 3.8) is 0 Å². The van der Waals surface area contributed by atoms with E-state index in [0.717, 1.165) is 12.1 Å². The van der Waals surface area contributed by atoms with E-state index in [-0.39, 0.29) is 41.5 Å². The van der Waals surface area contributed by atoms with Crippen LogP contribution >= 0.6 is 11.6 Å². The Bertz CT molecular complexity index is 979. The number of anilines is 2. The van der Waals surface area contributed by atoms with Gasteiger partial charge in [0.2, 0.25) is 5.91 Å². The molecule has 0 fully saturated rings. The highest BCUT2D eigenvalue weighted by molar-refractivity contribution is 6.29. The molecule has 0 saturated heterocycles. The Kier molecular flexibility index (Phi) is 5.78. The van der Waals surface area contributed by atoms with Gasteiger partial charge >= 0.3 is 6.18 Å². The Morgan fingerprint density at radius 2 is 1.90 bits per heavy atom. The molecule has 1 aliphatic rings. The van der Waals surface area contributed by atoms with Crippen molar-refractivity contribution >= 4 is 40.7 Å². The largest absolute Gasteiger partial charge is 0.416 e. The molecule has 2 aromatic carbocycles. The second-order valence-electron chi connectivity index (χ2n) is 6.21. The third-order valence-electron chi connectivity index (χ3n) is 4.22. The Morgan fingerprint density at radius 1 is 1.17 bits per heavy atom. The van der Waals surface area contributed by atoms with Crippen molar-refractivity contribution in [1.82, 2.24) is 5.32 Å².